The van der Waals surface area contributed by atoms with Gasteiger partial charge in [0.1, 0.15) is 12.5 Å². The maximum Gasteiger partial charge on any atom is 0.318 e. The van der Waals surface area contributed by atoms with E-state index in [-0.39, 0.29) is 12.6 Å². The van der Waals surface area contributed by atoms with Gasteiger partial charge in [0.15, 0.2) is 0 Å². The highest BCUT2D eigenvalue weighted by atomic mass is 79.9. The van der Waals surface area contributed by atoms with E-state index in [1.165, 1.54) is 5.56 Å². The summed E-state index contributed by atoms with van der Waals surface area (Å²) in [5.41, 5.74) is 6.30. The first-order chi connectivity index (χ1) is 15.5. The average molecular weight is 488 g/mol. The number of benzene rings is 3. The lowest BCUT2D eigenvalue weighted by Gasteiger charge is -2.18. The van der Waals surface area contributed by atoms with E-state index in [1.807, 2.05) is 60.7 Å². The molecule has 0 unspecified atom stereocenters. The Labute approximate surface area is 197 Å². The van der Waals surface area contributed by atoms with E-state index in [2.05, 4.69) is 64.7 Å². The Kier molecular flexibility index (Phi) is 6.91. The fourth-order valence-corrected chi connectivity index (χ4v) is 4.49. The molecule has 1 heterocycles. The maximum atomic E-state index is 13.4. The Hall–Kier alpha value is -3.11. The first-order valence-corrected chi connectivity index (χ1v) is 11.5. The van der Waals surface area contributed by atoms with Gasteiger partial charge in [-0.05, 0) is 54.3 Å². The summed E-state index contributed by atoms with van der Waals surface area (Å²) < 4.78 is 9.00. The number of hydrogen-bond acceptors (Lipinski definition) is 2. The third-order valence-electron chi connectivity index (χ3n) is 5.75. The molecule has 0 aliphatic heterocycles. The van der Waals surface area contributed by atoms with Gasteiger partial charge in [0.25, 0.3) is 0 Å². The van der Waals surface area contributed by atoms with Crippen LogP contribution in [0, 0.1) is 13.8 Å². The summed E-state index contributed by atoms with van der Waals surface area (Å²) in [7, 11) is 0. The van der Waals surface area contributed by atoms with Gasteiger partial charge in [-0.15, -0.1) is 0 Å². The second-order valence-corrected chi connectivity index (χ2v) is 8.90. The van der Waals surface area contributed by atoms with Crippen LogP contribution in [0.25, 0.3) is 0 Å². The fraction of sp³-hybridized carbons (Fsp3) is 0.179. The van der Waals surface area contributed by atoms with Crippen molar-refractivity contribution < 1.29 is 9.53 Å². The number of hydrogen-bond donors (Lipinski definition) is 0. The molecule has 0 aliphatic rings. The number of carbonyl (C=O) groups excluding carboxylic acids is 1. The standard InChI is InChI=1S/C28H26BrNO2/c1-20-16-26(21(2)30(20)18-22-10-5-3-6-11-22)27(24-14-9-15-25(29)17-24)28(31)32-19-23-12-7-4-8-13-23/h3-17,27H,18-19H2,1-2H3/t27-/m1/s1. The predicted octanol–water partition coefficient (Wildman–Crippen LogP) is 6.79. The number of nitrogens with zero attached hydrogens (tertiary/aromatic N) is 1. The van der Waals surface area contributed by atoms with Gasteiger partial charge >= 0.3 is 5.97 Å². The van der Waals surface area contributed by atoms with Gasteiger partial charge in [0.2, 0.25) is 0 Å². The molecular weight excluding hydrogens is 462 g/mol. The Morgan fingerprint density at radius 2 is 1.53 bits per heavy atom. The molecule has 3 nitrogen and oxygen atoms in total. The van der Waals surface area contributed by atoms with Crippen molar-refractivity contribution in [3.63, 3.8) is 0 Å². The molecule has 0 saturated heterocycles. The highest BCUT2D eigenvalue weighted by Gasteiger charge is 2.28. The molecule has 4 heteroatoms. The van der Waals surface area contributed by atoms with Gasteiger partial charge < -0.3 is 9.30 Å². The Morgan fingerprint density at radius 3 is 2.19 bits per heavy atom. The van der Waals surface area contributed by atoms with Crippen molar-refractivity contribution in [1.82, 2.24) is 4.57 Å². The quantitative estimate of drug-likeness (QED) is 0.268. The van der Waals surface area contributed by atoms with Crippen LogP contribution in [0.3, 0.4) is 0 Å². The molecular formula is C28H26BrNO2. The SMILES string of the molecule is Cc1cc([C@H](C(=O)OCc2ccccc2)c2cccc(Br)c2)c(C)n1Cc1ccccc1. The molecule has 0 saturated carbocycles. The lowest BCUT2D eigenvalue weighted by atomic mass is 9.91. The fourth-order valence-electron chi connectivity index (χ4n) is 4.07. The van der Waals surface area contributed by atoms with Crippen molar-refractivity contribution in [3.8, 4) is 0 Å². The van der Waals surface area contributed by atoms with E-state index < -0.39 is 5.92 Å². The number of esters is 1. The maximum absolute atomic E-state index is 13.4. The molecule has 0 bridgehead atoms. The van der Waals surface area contributed by atoms with E-state index in [1.54, 1.807) is 0 Å². The van der Waals surface area contributed by atoms with Crippen molar-refractivity contribution in [3.05, 3.63) is 129 Å². The summed E-state index contributed by atoms with van der Waals surface area (Å²) in [6.07, 6.45) is 0. The zero-order valence-electron chi connectivity index (χ0n) is 18.3. The van der Waals surface area contributed by atoms with Gasteiger partial charge in [-0.2, -0.15) is 0 Å². The third-order valence-corrected chi connectivity index (χ3v) is 6.24. The zero-order chi connectivity index (χ0) is 22.5. The zero-order valence-corrected chi connectivity index (χ0v) is 19.9. The van der Waals surface area contributed by atoms with Crippen molar-refractivity contribution in [1.29, 1.82) is 0 Å². The first-order valence-electron chi connectivity index (χ1n) is 10.7. The third kappa shape index (κ3) is 5.03. The van der Waals surface area contributed by atoms with E-state index in [4.69, 9.17) is 4.74 Å². The van der Waals surface area contributed by atoms with Crippen LogP contribution in [0.15, 0.2) is 95.5 Å². The van der Waals surface area contributed by atoms with Gasteiger partial charge in [-0.1, -0.05) is 88.7 Å². The molecule has 0 aliphatic carbocycles. The Balaban J connectivity index is 1.68. The number of aryl methyl sites for hydroxylation is 1. The minimum atomic E-state index is -0.494. The molecule has 4 aromatic rings. The minimum absolute atomic E-state index is 0.244. The minimum Gasteiger partial charge on any atom is -0.460 e. The van der Waals surface area contributed by atoms with Crippen molar-refractivity contribution in [2.45, 2.75) is 32.9 Å². The largest absolute Gasteiger partial charge is 0.460 e. The van der Waals surface area contributed by atoms with Crippen LogP contribution in [0.2, 0.25) is 0 Å². The average Bonchev–Trinajstić information content (AvgIpc) is 3.07. The van der Waals surface area contributed by atoms with Crippen molar-refractivity contribution in [2.75, 3.05) is 0 Å². The van der Waals surface area contributed by atoms with Crippen LogP contribution in [0.1, 0.15) is 39.6 Å². The summed E-state index contributed by atoms with van der Waals surface area (Å²) in [4.78, 5) is 13.4. The smallest absolute Gasteiger partial charge is 0.318 e. The Bertz CT molecular complexity index is 1200. The molecule has 0 N–H and O–H groups in total. The van der Waals surface area contributed by atoms with Crippen molar-refractivity contribution in [2.24, 2.45) is 0 Å². The second kappa shape index (κ2) is 10.0. The van der Waals surface area contributed by atoms with Crippen LogP contribution in [-0.4, -0.2) is 10.5 Å². The van der Waals surface area contributed by atoms with Crippen LogP contribution in [-0.2, 0) is 22.7 Å². The number of rotatable bonds is 7. The summed E-state index contributed by atoms with van der Waals surface area (Å²) in [5.74, 6) is -0.737. The predicted molar refractivity (Wildman–Crippen MR) is 132 cm³/mol. The Morgan fingerprint density at radius 1 is 0.875 bits per heavy atom. The molecule has 0 radical (unpaired) electrons. The number of halogens is 1. The lowest BCUT2D eigenvalue weighted by Crippen LogP contribution is -2.18. The highest BCUT2D eigenvalue weighted by molar-refractivity contribution is 9.10. The summed E-state index contributed by atoms with van der Waals surface area (Å²) in [6, 6.07) is 30.2. The molecule has 3 aromatic carbocycles. The number of ether oxygens (including phenoxy) is 1. The van der Waals surface area contributed by atoms with Gasteiger partial charge in [0, 0.05) is 22.4 Å². The monoisotopic (exact) mass is 487 g/mol. The molecule has 0 fully saturated rings. The topological polar surface area (TPSA) is 31.2 Å². The molecule has 0 spiro atoms. The molecule has 4 rings (SSSR count). The summed E-state index contributed by atoms with van der Waals surface area (Å²) >= 11 is 3.55. The second-order valence-electron chi connectivity index (χ2n) is 7.98. The summed E-state index contributed by atoms with van der Waals surface area (Å²) in [5, 5.41) is 0. The van der Waals surface area contributed by atoms with Crippen LogP contribution in [0.5, 0.6) is 0 Å². The van der Waals surface area contributed by atoms with E-state index in [9.17, 15) is 4.79 Å². The van der Waals surface area contributed by atoms with Gasteiger partial charge in [0.05, 0.1) is 0 Å². The molecule has 1 aromatic heterocycles. The summed E-state index contributed by atoms with van der Waals surface area (Å²) in [6.45, 7) is 5.20. The molecule has 32 heavy (non-hydrogen) atoms. The number of carbonyl (C=O) groups is 1. The van der Waals surface area contributed by atoms with Crippen LogP contribution in [0.4, 0.5) is 0 Å². The van der Waals surface area contributed by atoms with E-state index in [0.717, 1.165) is 39.1 Å². The van der Waals surface area contributed by atoms with Crippen LogP contribution >= 0.6 is 15.9 Å². The normalized spacial score (nSPS) is 11.8. The van der Waals surface area contributed by atoms with Gasteiger partial charge in [-0.3, -0.25) is 4.79 Å². The number of aromatic nitrogens is 1. The van der Waals surface area contributed by atoms with E-state index >= 15 is 0 Å². The van der Waals surface area contributed by atoms with Crippen molar-refractivity contribution >= 4 is 21.9 Å². The lowest BCUT2D eigenvalue weighted by molar-refractivity contribution is -0.145. The van der Waals surface area contributed by atoms with Crippen LogP contribution < -0.4 is 0 Å². The highest BCUT2D eigenvalue weighted by Crippen LogP contribution is 2.33. The van der Waals surface area contributed by atoms with Gasteiger partial charge in [-0.25, -0.2) is 0 Å². The molecule has 1 atom stereocenters. The molecule has 162 valence electrons. The molecule has 0 amide bonds. The van der Waals surface area contributed by atoms with E-state index in [0.29, 0.717) is 0 Å². The first kappa shape index (κ1) is 22.1.